The van der Waals surface area contributed by atoms with Crippen LogP contribution in [0, 0.1) is 5.82 Å². The first-order valence-electron chi connectivity index (χ1n) is 5.78. The van der Waals surface area contributed by atoms with E-state index in [1.807, 2.05) is 12.1 Å². The highest BCUT2D eigenvalue weighted by Crippen LogP contribution is 2.22. The molecule has 0 heterocycles. The lowest BCUT2D eigenvalue weighted by atomic mass is 9.89. The predicted molar refractivity (Wildman–Crippen MR) is 61.9 cm³/mol. The number of hydrogen-bond acceptors (Lipinski definition) is 2. The minimum absolute atomic E-state index is 0.168. The Morgan fingerprint density at radius 1 is 1.31 bits per heavy atom. The molecule has 0 amide bonds. The minimum atomic E-state index is -0.168. The number of nitrogens with one attached hydrogen (secondary N) is 1. The fourth-order valence-electron chi connectivity index (χ4n) is 2.00. The summed E-state index contributed by atoms with van der Waals surface area (Å²) in [7, 11) is 1.76. The van der Waals surface area contributed by atoms with Crippen LogP contribution < -0.4 is 5.32 Å². The normalized spacial score (nSPS) is 24.1. The topological polar surface area (TPSA) is 21.3 Å². The number of rotatable bonds is 5. The Morgan fingerprint density at radius 2 is 2.00 bits per heavy atom. The smallest absolute Gasteiger partial charge is 0.123 e. The zero-order chi connectivity index (χ0) is 11.4. The third-order valence-corrected chi connectivity index (χ3v) is 3.19. The molecule has 1 N–H and O–H groups in total. The molecule has 0 spiro atoms. The standard InChI is InChI=1S/C13H18FNO/c1-16-13-8-12(9-13)15-7-6-10-2-4-11(14)5-3-10/h2-5,12-13,15H,6-9H2,1H3. The maximum Gasteiger partial charge on any atom is 0.123 e. The summed E-state index contributed by atoms with van der Waals surface area (Å²) in [5.41, 5.74) is 1.18. The summed E-state index contributed by atoms with van der Waals surface area (Å²) in [6.45, 7) is 0.951. The van der Waals surface area contributed by atoms with E-state index in [1.165, 1.54) is 17.7 Å². The van der Waals surface area contributed by atoms with Crippen LogP contribution in [0.3, 0.4) is 0 Å². The van der Waals surface area contributed by atoms with E-state index in [0.29, 0.717) is 12.1 Å². The number of ether oxygens (including phenoxy) is 1. The molecule has 0 bridgehead atoms. The van der Waals surface area contributed by atoms with E-state index in [9.17, 15) is 4.39 Å². The van der Waals surface area contributed by atoms with Crippen molar-refractivity contribution in [2.75, 3.05) is 13.7 Å². The molecule has 1 aromatic carbocycles. The van der Waals surface area contributed by atoms with Crippen molar-refractivity contribution in [1.82, 2.24) is 5.32 Å². The van der Waals surface area contributed by atoms with Crippen LogP contribution in [0.4, 0.5) is 4.39 Å². The number of hydrogen-bond donors (Lipinski definition) is 1. The van der Waals surface area contributed by atoms with E-state index < -0.39 is 0 Å². The van der Waals surface area contributed by atoms with E-state index in [0.717, 1.165) is 25.8 Å². The average molecular weight is 223 g/mol. The predicted octanol–water partition coefficient (Wildman–Crippen LogP) is 2.14. The van der Waals surface area contributed by atoms with E-state index >= 15 is 0 Å². The molecule has 16 heavy (non-hydrogen) atoms. The summed E-state index contributed by atoms with van der Waals surface area (Å²) in [4.78, 5) is 0. The van der Waals surface area contributed by atoms with Crippen molar-refractivity contribution >= 4 is 0 Å². The molecule has 0 aromatic heterocycles. The van der Waals surface area contributed by atoms with Gasteiger partial charge in [-0.3, -0.25) is 0 Å². The third kappa shape index (κ3) is 3.03. The van der Waals surface area contributed by atoms with Gasteiger partial charge in [0.15, 0.2) is 0 Å². The van der Waals surface area contributed by atoms with Crippen LogP contribution in [0.15, 0.2) is 24.3 Å². The zero-order valence-electron chi connectivity index (χ0n) is 9.58. The van der Waals surface area contributed by atoms with E-state index in [-0.39, 0.29) is 5.82 Å². The minimum Gasteiger partial charge on any atom is -0.381 e. The first-order valence-corrected chi connectivity index (χ1v) is 5.78. The van der Waals surface area contributed by atoms with E-state index in [4.69, 9.17) is 4.74 Å². The van der Waals surface area contributed by atoms with E-state index in [2.05, 4.69) is 5.32 Å². The van der Waals surface area contributed by atoms with Crippen molar-refractivity contribution < 1.29 is 9.13 Å². The van der Waals surface area contributed by atoms with Gasteiger partial charge < -0.3 is 10.1 Å². The fraction of sp³-hybridized carbons (Fsp3) is 0.538. The molecule has 1 aliphatic carbocycles. The highest BCUT2D eigenvalue weighted by Gasteiger charge is 2.27. The van der Waals surface area contributed by atoms with Crippen molar-refractivity contribution in [2.45, 2.75) is 31.4 Å². The van der Waals surface area contributed by atoms with Crippen LogP contribution in [0.5, 0.6) is 0 Å². The van der Waals surface area contributed by atoms with Gasteiger partial charge in [-0.2, -0.15) is 0 Å². The van der Waals surface area contributed by atoms with Crippen LogP contribution in [-0.4, -0.2) is 25.8 Å². The van der Waals surface area contributed by atoms with Gasteiger partial charge >= 0.3 is 0 Å². The van der Waals surface area contributed by atoms with Gasteiger partial charge in [-0.1, -0.05) is 12.1 Å². The maximum atomic E-state index is 12.7. The molecule has 2 rings (SSSR count). The maximum absolute atomic E-state index is 12.7. The van der Waals surface area contributed by atoms with Gasteiger partial charge in [0.25, 0.3) is 0 Å². The molecule has 0 saturated heterocycles. The van der Waals surface area contributed by atoms with Gasteiger partial charge in [0.2, 0.25) is 0 Å². The lowest BCUT2D eigenvalue weighted by Gasteiger charge is -2.34. The summed E-state index contributed by atoms with van der Waals surface area (Å²) >= 11 is 0. The Hall–Kier alpha value is -0.930. The highest BCUT2D eigenvalue weighted by molar-refractivity contribution is 5.16. The van der Waals surface area contributed by atoms with Gasteiger partial charge in [0, 0.05) is 13.2 Å². The second kappa shape index (κ2) is 5.41. The molecule has 1 aliphatic rings. The Kier molecular flexibility index (Phi) is 3.91. The van der Waals surface area contributed by atoms with Crippen LogP contribution in [0.25, 0.3) is 0 Å². The van der Waals surface area contributed by atoms with Gasteiger partial charge in [0.05, 0.1) is 6.10 Å². The summed E-state index contributed by atoms with van der Waals surface area (Å²) in [5, 5.41) is 3.47. The average Bonchev–Trinajstić information content (AvgIpc) is 2.24. The van der Waals surface area contributed by atoms with Gasteiger partial charge in [-0.25, -0.2) is 4.39 Å². The van der Waals surface area contributed by atoms with Crippen molar-refractivity contribution in [3.8, 4) is 0 Å². The monoisotopic (exact) mass is 223 g/mol. The number of halogens is 1. The molecule has 2 nitrogen and oxygen atoms in total. The van der Waals surface area contributed by atoms with Crippen LogP contribution in [0.1, 0.15) is 18.4 Å². The Morgan fingerprint density at radius 3 is 2.62 bits per heavy atom. The van der Waals surface area contributed by atoms with Gasteiger partial charge in [-0.05, 0) is 43.5 Å². The number of methoxy groups -OCH3 is 1. The summed E-state index contributed by atoms with van der Waals surface area (Å²) in [6.07, 6.45) is 3.62. The summed E-state index contributed by atoms with van der Waals surface area (Å²) < 4.78 is 17.9. The Balaban J connectivity index is 1.63. The Labute approximate surface area is 95.8 Å². The number of benzene rings is 1. The molecule has 1 saturated carbocycles. The molecular weight excluding hydrogens is 205 g/mol. The molecule has 0 atom stereocenters. The lowest BCUT2D eigenvalue weighted by Crippen LogP contribution is -2.45. The van der Waals surface area contributed by atoms with Crippen molar-refractivity contribution in [1.29, 1.82) is 0 Å². The van der Waals surface area contributed by atoms with Crippen LogP contribution in [-0.2, 0) is 11.2 Å². The molecule has 1 fully saturated rings. The Bertz CT molecular complexity index is 319. The second-order valence-electron chi connectivity index (χ2n) is 4.36. The molecule has 0 radical (unpaired) electrons. The van der Waals surface area contributed by atoms with Crippen molar-refractivity contribution in [3.63, 3.8) is 0 Å². The zero-order valence-corrected chi connectivity index (χ0v) is 9.58. The quantitative estimate of drug-likeness (QED) is 0.825. The summed E-state index contributed by atoms with van der Waals surface area (Å²) in [6, 6.07) is 7.32. The van der Waals surface area contributed by atoms with Crippen LogP contribution >= 0.6 is 0 Å². The van der Waals surface area contributed by atoms with Gasteiger partial charge in [-0.15, -0.1) is 0 Å². The molecule has 3 heteroatoms. The van der Waals surface area contributed by atoms with Crippen LogP contribution in [0.2, 0.25) is 0 Å². The first kappa shape index (κ1) is 11.6. The molecule has 0 aliphatic heterocycles. The molecule has 1 aromatic rings. The SMILES string of the molecule is COC1CC(NCCc2ccc(F)cc2)C1. The fourth-order valence-corrected chi connectivity index (χ4v) is 2.00. The molecule has 0 unspecified atom stereocenters. The largest absolute Gasteiger partial charge is 0.381 e. The third-order valence-electron chi connectivity index (χ3n) is 3.19. The second-order valence-corrected chi connectivity index (χ2v) is 4.36. The van der Waals surface area contributed by atoms with Crippen molar-refractivity contribution in [3.05, 3.63) is 35.6 Å². The molecule has 88 valence electrons. The molecular formula is C13H18FNO. The summed E-state index contributed by atoms with van der Waals surface area (Å²) in [5.74, 6) is -0.168. The highest BCUT2D eigenvalue weighted by atomic mass is 19.1. The van der Waals surface area contributed by atoms with Crippen molar-refractivity contribution in [2.24, 2.45) is 0 Å². The first-order chi connectivity index (χ1) is 7.78. The van der Waals surface area contributed by atoms with Gasteiger partial charge in [0.1, 0.15) is 5.82 Å². The lowest BCUT2D eigenvalue weighted by molar-refractivity contribution is 0.0177. The van der Waals surface area contributed by atoms with E-state index in [1.54, 1.807) is 7.11 Å².